The van der Waals surface area contributed by atoms with Gasteiger partial charge in [-0.25, -0.2) is 0 Å². The lowest BCUT2D eigenvalue weighted by Gasteiger charge is -2.29. The summed E-state index contributed by atoms with van der Waals surface area (Å²) in [5, 5.41) is 3.86. The summed E-state index contributed by atoms with van der Waals surface area (Å²) in [6, 6.07) is 13.0. The van der Waals surface area contributed by atoms with E-state index < -0.39 is 6.04 Å². The average molecular weight is 481 g/mol. The molecule has 0 aliphatic carbocycles. The van der Waals surface area contributed by atoms with Gasteiger partial charge in [0, 0.05) is 18.3 Å². The second kappa shape index (κ2) is 12.4. The molecule has 0 saturated carbocycles. The topological polar surface area (TPSA) is 49.4 Å². The van der Waals surface area contributed by atoms with Crippen molar-refractivity contribution < 1.29 is 9.59 Å². The minimum absolute atomic E-state index is 0.0489. The number of nitrogens with zero attached hydrogens (tertiary/aromatic N) is 1. The number of aryl methyl sites for hydroxylation is 1. The highest BCUT2D eigenvalue weighted by Crippen LogP contribution is 2.24. The number of nitrogens with one attached hydrogen (secondary N) is 1. The van der Waals surface area contributed by atoms with Crippen LogP contribution in [0.4, 0.5) is 0 Å². The van der Waals surface area contributed by atoms with E-state index in [4.69, 9.17) is 23.2 Å². The smallest absolute Gasteiger partial charge is 0.242 e. The van der Waals surface area contributed by atoms with Crippen molar-refractivity contribution >= 4 is 46.8 Å². The fraction of sp³-hybridized carbons (Fsp3) is 0.417. The molecule has 0 fully saturated rings. The molecular formula is C24H30Cl2N2O2S. The Labute approximate surface area is 199 Å². The third-order valence-electron chi connectivity index (χ3n) is 5.12. The van der Waals surface area contributed by atoms with E-state index in [0.717, 1.165) is 17.7 Å². The first-order valence-electron chi connectivity index (χ1n) is 10.4. The lowest BCUT2D eigenvalue weighted by Crippen LogP contribution is -2.50. The average Bonchev–Trinajstić information content (AvgIpc) is 2.75. The van der Waals surface area contributed by atoms with Gasteiger partial charge in [-0.1, -0.05) is 66.0 Å². The van der Waals surface area contributed by atoms with E-state index in [1.807, 2.05) is 26.8 Å². The zero-order chi connectivity index (χ0) is 23.0. The van der Waals surface area contributed by atoms with Crippen molar-refractivity contribution in [3.63, 3.8) is 0 Å². The molecule has 0 bridgehead atoms. The maximum Gasteiger partial charge on any atom is 0.242 e. The molecular weight excluding hydrogens is 451 g/mol. The van der Waals surface area contributed by atoms with Crippen LogP contribution >= 0.6 is 35.0 Å². The Morgan fingerprint density at radius 3 is 2.29 bits per heavy atom. The Bertz CT molecular complexity index is 890. The van der Waals surface area contributed by atoms with Crippen LogP contribution in [0.25, 0.3) is 0 Å². The van der Waals surface area contributed by atoms with Gasteiger partial charge in [-0.05, 0) is 50.5 Å². The molecule has 0 aliphatic rings. The van der Waals surface area contributed by atoms with Gasteiger partial charge in [0.15, 0.2) is 0 Å². The van der Waals surface area contributed by atoms with Crippen LogP contribution in [0.5, 0.6) is 0 Å². The fourth-order valence-electron chi connectivity index (χ4n) is 2.91. The monoisotopic (exact) mass is 480 g/mol. The summed E-state index contributed by atoms with van der Waals surface area (Å²) in [4.78, 5) is 27.5. The first-order chi connectivity index (χ1) is 14.7. The Hall–Kier alpha value is -1.69. The van der Waals surface area contributed by atoms with E-state index in [1.54, 1.807) is 35.7 Å². The fourth-order valence-corrected chi connectivity index (χ4v) is 4.10. The zero-order valence-electron chi connectivity index (χ0n) is 18.5. The van der Waals surface area contributed by atoms with Crippen molar-refractivity contribution in [3.05, 3.63) is 69.2 Å². The molecule has 0 aromatic heterocycles. The van der Waals surface area contributed by atoms with Gasteiger partial charge in [-0.3, -0.25) is 9.59 Å². The van der Waals surface area contributed by atoms with Crippen LogP contribution in [0.1, 0.15) is 43.9 Å². The lowest BCUT2D eigenvalue weighted by atomic mass is 10.1. The maximum absolute atomic E-state index is 13.1. The number of carbonyl (C=O) groups is 2. The molecule has 4 nitrogen and oxygen atoms in total. The van der Waals surface area contributed by atoms with Crippen LogP contribution in [0.15, 0.2) is 42.5 Å². The third-order valence-corrected chi connectivity index (χ3v) is 6.85. The molecule has 2 aromatic carbocycles. The van der Waals surface area contributed by atoms with Crippen LogP contribution in [0.3, 0.4) is 0 Å². The summed E-state index contributed by atoms with van der Waals surface area (Å²) in [5.41, 5.74) is 3.20. The predicted octanol–water partition coefficient (Wildman–Crippen LogP) is 5.87. The quantitative estimate of drug-likeness (QED) is 0.462. The van der Waals surface area contributed by atoms with Crippen LogP contribution in [0.2, 0.25) is 10.0 Å². The molecule has 0 radical (unpaired) electrons. The summed E-state index contributed by atoms with van der Waals surface area (Å²) in [5.74, 6) is 0.775. The van der Waals surface area contributed by atoms with Crippen LogP contribution < -0.4 is 5.32 Å². The second-order valence-electron chi connectivity index (χ2n) is 7.74. The number of rotatable bonds is 10. The summed E-state index contributed by atoms with van der Waals surface area (Å²) in [7, 11) is 0. The normalized spacial score (nSPS) is 12.8. The molecule has 0 spiro atoms. The van der Waals surface area contributed by atoms with Crippen molar-refractivity contribution in [1.29, 1.82) is 0 Å². The van der Waals surface area contributed by atoms with Gasteiger partial charge < -0.3 is 10.2 Å². The molecule has 0 heterocycles. The van der Waals surface area contributed by atoms with Crippen LogP contribution in [0, 0.1) is 6.92 Å². The Balaban J connectivity index is 2.10. The Morgan fingerprint density at radius 2 is 1.68 bits per heavy atom. The minimum atomic E-state index is -0.601. The Kier molecular flexibility index (Phi) is 10.2. The molecule has 168 valence electrons. The molecule has 2 atom stereocenters. The van der Waals surface area contributed by atoms with E-state index in [9.17, 15) is 9.59 Å². The van der Waals surface area contributed by atoms with Crippen molar-refractivity contribution in [3.8, 4) is 0 Å². The number of carbonyl (C=O) groups excluding carboxylic acids is 2. The maximum atomic E-state index is 13.1. The van der Waals surface area contributed by atoms with E-state index in [2.05, 4.69) is 29.6 Å². The van der Waals surface area contributed by atoms with Gasteiger partial charge in [0.2, 0.25) is 11.8 Å². The molecule has 7 heteroatoms. The zero-order valence-corrected chi connectivity index (χ0v) is 20.8. The third kappa shape index (κ3) is 8.06. The number of amides is 2. The number of benzene rings is 2. The number of halogens is 2. The first-order valence-corrected chi connectivity index (χ1v) is 12.3. The van der Waals surface area contributed by atoms with Crippen LogP contribution in [-0.4, -0.2) is 34.6 Å². The van der Waals surface area contributed by atoms with Gasteiger partial charge in [-0.15, -0.1) is 11.8 Å². The molecule has 1 N–H and O–H groups in total. The number of thioether (sulfide) groups is 1. The number of hydrogen-bond acceptors (Lipinski definition) is 3. The van der Waals surface area contributed by atoms with Crippen molar-refractivity contribution in [2.75, 3.05) is 5.75 Å². The van der Waals surface area contributed by atoms with Gasteiger partial charge >= 0.3 is 0 Å². The molecule has 0 aliphatic heterocycles. The van der Waals surface area contributed by atoms with Gasteiger partial charge in [0.05, 0.1) is 15.8 Å². The van der Waals surface area contributed by atoms with Crippen molar-refractivity contribution in [2.45, 2.75) is 58.5 Å². The highest BCUT2D eigenvalue weighted by Gasteiger charge is 2.26. The standard InChI is InChI=1S/C24H30Cl2N2O2S/c1-5-17(3)27-24(30)18(4)28(13-20-10-11-21(25)22(26)12-20)23(29)15-31-14-19-8-6-16(2)7-9-19/h6-12,17-18H,5,13-15H2,1-4H3,(H,27,30)/t17-,18-/m0/s1. The van der Waals surface area contributed by atoms with Gasteiger partial charge in [0.25, 0.3) is 0 Å². The van der Waals surface area contributed by atoms with E-state index >= 15 is 0 Å². The largest absolute Gasteiger partial charge is 0.352 e. The summed E-state index contributed by atoms with van der Waals surface area (Å²) in [6.45, 7) is 8.06. The van der Waals surface area contributed by atoms with E-state index in [0.29, 0.717) is 10.0 Å². The summed E-state index contributed by atoms with van der Waals surface area (Å²) < 4.78 is 0. The molecule has 2 amide bonds. The molecule has 2 rings (SSSR count). The molecule has 0 saturated heterocycles. The Morgan fingerprint density at radius 1 is 1.03 bits per heavy atom. The molecule has 2 aromatic rings. The molecule has 31 heavy (non-hydrogen) atoms. The predicted molar refractivity (Wildman–Crippen MR) is 132 cm³/mol. The highest BCUT2D eigenvalue weighted by molar-refractivity contribution is 7.99. The van der Waals surface area contributed by atoms with E-state index in [1.165, 1.54) is 11.1 Å². The van der Waals surface area contributed by atoms with Crippen molar-refractivity contribution in [2.24, 2.45) is 0 Å². The van der Waals surface area contributed by atoms with Gasteiger partial charge in [0.1, 0.15) is 6.04 Å². The minimum Gasteiger partial charge on any atom is -0.352 e. The number of hydrogen-bond donors (Lipinski definition) is 1. The van der Waals surface area contributed by atoms with E-state index in [-0.39, 0.29) is 30.2 Å². The second-order valence-corrected chi connectivity index (χ2v) is 9.54. The van der Waals surface area contributed by atoms with Crippen molar-refractivity contribution in [1.82, 2.24) is 10.2 Å². The summed E-state index contributed by atoms with van der Waals surface area (Å²) >= 11 is 13.7. The lowest BCUT2D eigenvalue weighted by molar-refractivity contribution is -0.138. The SMILES string of the molecule is CC[C@H](C)NC(=O)[C@H](C)N(Cc1ccc(Cl)c(Cl)c1)C(=O)CSCc1ccc(C)cc1. The van der Waals surface area contributed by atoms with Gasteiger partial charge in [-0.2, -0.15) is 0 Å². The highest BCUT2D eigenvalue weighted by atomic mass is 35.5. The van der Waals surface area contributed by atoms with Crippen LogP contribution in [-0.2, 0) is 21.9 Å². The first kappa shape index (κ1) is 25.6. The molecule has 0 unspecified atom stereocenters. The summed E-state index contributed by atoms with van der Waals surface area (Å²) in [6.07, 6.45) is 0.825.